The molecule has 2 atom stereocenters. The number of Topliss-reactive ketones (excluding diaryl/α,β-unsaturated/α-hetero) is 1. The molecule has 0 radical (unpaired) electrons. The molecule has 3 amide bonds. The van der Waals surface area contributed by atoms with E-state index in [9.17, 15) is 33.7 Å². The van der Waals surface area contributed by atoms with Crippen LogP contribution >= 0.6 is 0 Å². The number of benzene rings is 4. The Morgan fingerprint density at radius 2 is 1.16 bits per heavy atom. The molecule has 0 aromatic heterocycles. The molecule has 4 aliphatic rings. The molecule has 4 aromatic carbocycles. The zero-order chi connectivity index (χ0) is 30.0. The van der Waals surface area contributed by atoms with Gasteiger partial charge in [0.25, 0.3) is 23.4 Å². The third-order valence-electron chi connectivity index (χ3n) is 8.69. The predicted octanol–water partition coefficient (Wildman–Crippen LogP) is 4.87. The van der Waals surface area contributed by atoms with Gasteiger partial charge >= 0.3 is 0 Å². The number of halogens is 1. The van der Waals surface area contributed by atoms with Crippen molar-refractivity contribution >= 4 is 29.2 Å². The topological polar surface area (TPSA) is 118 Å². The van der Waals surface area contributed by atoms with Crippen LogP contribution in [0.3, 0.4) is 0 Å². The third kappa shape index (κ3) is 3.98. The maximum absolute atomic E-state index is 14.3. The number of imide groups is 1. The van der Waals surface area contributed by atoms with Gasteiger partial charge in [0.15, 0.2) is 5.78 Å². The van der Waals surface area contributed by atoms with Gasteiger partial charge in [-0.15, -0.1) is 0 Å². The first-order valence-corrected chi connectivity index (χ1v) is 13.7. The molecule has 9 nitrogen and oxygen atoms in total. The lowest BCUT2D eigenvalue weighted by atomic mass is 9.55. The molecule has 4 aromatic rings. The van der Waals surface area contributed by atoms with Gasteiger partial charge in [-0.3, -0.25) is 29.3 Å². The van der Waals surface area contributed by atoms with Crippen LogP contribution in [0.15, 0.2) is 97.1 Å². The first-order chi connectivity index (χ1) is 20.8. The Hall–Kier alpha value is -5.51. The van der Waals surface area contributed by atoms with Crippen molar-refractivity contribution in [3.8, 4) is 0 Å². The van der Waals surface area contributed by atoms with Crippen LogP contribution in [0.1, 0.15) is 54.8 Å². The van der Waals surface area contributed by atoms with Crippen molar-refractivity contribution in [2.45, 2.75) is 11.8 Å². The summed E-state index contributed by atoms with van der Waals surface area (Å²) in [5.74, 6) is -5.67. The molecule has 1 fully saturated rings. The number of nitro benzene ring substituents is 1. The minimum Gasteiger partial charge on any atom is -0.292 e. The lowest BCUT2D eigenvalue weighted by Crippen LogP contribution is -2.52. The van der Waals surface area contributed by atoms with E-state index < -0.39 is 64.5 Å². The molecule has 2 bridgehead atoms. The number of ketones is 1. The van der Waals surface area contributed by atoms with E-state index in [0.29, 0.717) is 0 Å². The normalized spacial score (nSPS) is 21.2. The maximum atomic E-state index is 14.3. The molecule has 8 rings (SSSR count). The van der Waals surface area contributed by atoms with Crippen LogP contribution < -0.4 is 0 Å². The Morgan fingerprint density at radius 3 is 1.60 bits per heavy atom. The van der Waals surface area contributed by atoms with E-state index in [4.69, 9.17) is 0 Å². The largest absolute Gasteiger partial charge is 0.292 e. The Kier molecular flexibility index (Phi) is 6.01. The number of nitrogens with zero attached hydrogens (tertiary/aromatic N) is 3. The number of hydrogen-bond donors (Lipinski definition) is 0. The van der Waals surface area contributed by atoms with Crippen molar-refractivity contribution in [1.82, 2.24) is 10.0 Å². The summed E-state index contributed by atoms with van der Waals surface area (Å²) in [6.45, 7) is -0.687. The summed E-state index contributed by atoms with van der Waals surface area (Å²) in [5, 5.41) is 12.8. The van der Waals surface area contributed by atoms with Crippen molar-refractivity contribution in [1.29, 1.82) is 0 Å². The van der Waals surface area contributed by atoms with Gasteiger partial charge in [-0.25, -0.2) is 9.40 Å². The second-order valence-corrected chi connectivity index (χ2v) is 10.8. The number of carbonyl (C=O) groups excluding carboxylic acids is 4. The summed E-state index contributed by atoms with van der Waals surface area (Å²) in [4.78, 5) is 66.5. The highest BCUT2D eigenvalue weighted by Crippen LogP contribution is 2.61. The molecule has 0 unspecified atom stereocenters. The smallest absolute Gasteiger partial charge is 0.273 e. The van der Waals surface area contributed by atoms with E-state index >= 15 is 0 Å². The fraction of sp³-hybridized carbons (Fsp3) is 0.152. The number of rotatable bonds is 6. The lowest BCUT2D eigenvalue weighted by molar-refractivity contribution is -0.384. The number of hydrazine groups is 1. The molecule has 1 heterocycles. The maximum Gasteiger partial charge on any atom is 0.273 e. The van der Waals surface area contributed by atoms with Gasteiger partial charge in [-0.2, -0.15) is 5.01 Å². The van der Waals surface area contributed by atoms with E-state index in [-0.39, 0.29) is 16.8 Å². The second kappa shape index (κ2) is 9.80. The van der Waals surface area contributed by atoms with Crippen LogP contribution in [0.25, 0.3) is 0 Å². The fourth-order valence-corrected chi connectivity index (χ4v) is 6.87. The monoisotopic (exact) mass is 575 g/mol. The van der Waals surface area contributed by atoms with Crippen molar-refractivity contribution in [3.63, 3.8) is 0 Å². The molecule has 10 heteroatoms. The van der Waals surface area contributed by atoms with Gasteiger partial charge in [0.1, 0.15) is 12.4 Å². The molecular formula is C33H22FN3O6. The van der Waals surface area contributed by atoms with E-state index in [2.05, 4.69) is 0 Å². The average Bonchev–Trinajstić information content (AvgIpc) is 3.29. The highest BCUT2D eigenvalue weighted by molar-refractivity contribution is 6.11. The third-order valence-corrected chi connectivity index (χ3v) is 8.69. The van der Waals surface area contributed by atoms with Crippen molar-refractivity contribution in [2.24, 2.45) is 11.8 Å². The van der Waals surface area contributed by atoms with Crippen molar-refractivity contribution in [3.05, 3.63) is 146 Å². The first-order valence-electron chi connectivity index (χ1n) is 13.7. The SMILES string of the molecule is O=C(CN(C(=O)c1ccc([N+](=O)[O-])cc1)N1C(=O)[C@H]2C3c4ccccc4C(c4ccccc43)[C@@H]2C1=O)c1ccc(F)cc1. The quantitative estimate of drug-likeness (QED) is 0.140. The lowest BCUT2D eigenvalue weighted by Gasteiger charge is -2.45. The van der Waals surface area contributed by atoms with Crippen LogP contribution in [0.4, 0.5) is 10.1 Å². The van der Waals surface area contributed by atoms with Gasteiger partial charge in [0.2, 0.25) is 0 Å². The molecule has 0 saturated carbocycles. The average molecular weight is 576 g/mol. The minimum atomic E-state index is -0.854. The first kappa shape index (κ1) is 26.4. The van der Waals surface area contributed by atoms with Crippen molar-refractivity contribution < 1.29 is 28.5 Å². The Morgan fingerprint density at radius 1 is 0.721 bits per heavy atom. The second-order valence-electron chi connectivity index (χ2n) is 10.8. The van der Waals surface area contributed by atoms with Gasteiger partial charge < -0.3 is 0 Å². The van der Waals surface area contributed by atoms with E-state index in [1.54, 1.807) is 0 Å². The highest BCUT2D eigenvalue weighted by Gasteiger charge is 2.63. The Bertz CT molecular complexity index is 1740. The molecule has 1 aliphatic heterocycles. The van der Waals surface area contributed by atoms with Gasteiger partial charge in [0, 0.05) is 35.1 Å². The summed E-state index contributed by atoms with van der Waals surface area (Å²) in [5.41, 5.74) is 3.58. The molecule has 43 heavy (non-hydrogen) atoms. The molecular weight excluding hydrogens is 553 g/mol. The minimum absolute atomic E-state index is 0.0532. The molecule has 0 spiro atoms. The number of carbonyl (C=O) groups is 4. The summed E-state index contributed by atoms with van der Waals surface area (Å²) in [7, 11) is 0. The fourth-order valence-electron chi connectivity index (χ4n) is 6.87. The number of amides is 3. The summed E-state index contributed by atoms with van der Waals surface area (Å²) in [6.07, 6.45) is 0. The standard InChI is InChI=1S/C33H22FN3O6/c34-20-13-9-18(10-14-20)26(38)17-35(31(39)19-11-15-21(16-12-19)37(42)43)36-32(40)29-27-22-5-1-2-6-23(22)28(30(29)33(36)41)25-8-4-3-7-24(25)27/h1-16,27-30H,17H2/t27?,28?,29-,30-/m0/s1. The highest BCUT2D eigenvalue weighted by atomic mass is 19.1. The molecule has 0 N–H and O–H groups in total. The van der Waals surface area contributed by atoms with Crippen LogP contribution in [0, 0.1) is 27.8 Å². The summed E-state index contributed by atoms with van der Waals surface area (Å²) in [6, 6.07) is 24.8. The number of hydrogen-bond acceptors (Lipinski definition) is 6. The van der Waals surface area contributed by atoms with Crippen LogP contribution in [0.2, 0.25) is 0 Å². The zero-order valence-corrected chi connectivity index (χ0v) is 22.4. The molecule has 212 valence electrons. The van der Waals surface area contributed by atoms with E-state index in [0.717, 1.165) is 56.5 Å². The van der Waals surface area contributed by atoms with E-state index in [1.807, 2.05) is 48.5 Å². The van der Waals surface area contributed by atoms with Gasteiger partial charge in [0.05, 0.1) is 16.8 Å². The summed E-state index contributed by atoms with van der Waals surface area (Å²) >= 11 is 0. The van der Waals surface area contributed by atoms with E-state index in [1.165, 1.54) is 24.3 Å². The zero-order valence-electron chi connectivity index (χ0n) is 22.4. The van der Waals surface area contributed by atoms with Gasteiger partial charge in [-0.1, -0.05) is 48.5 Å². The van der Waals surface area contributed by atoms with Gasteiger partial charge in [-0.05, 0) is 58.7 Å². The van der Waals surface area contributed by atoms with Crippen LogP contribution in [0.5, 0.6) is 0 Å². The molecule has 1 saturated heterocycles. The Labute approximate surface area is 244 Å². The Balaban J connectivity index is 1.32. The summed E-state index contributed by atoms with van der Waals surface area (Å²) < 4.78 is 13.6. The van der Waals surface area contributed by atoms with Crippen LogP contribution in [-0.4, -0.2) is 45.0 Å². The number of non-ortho nitro benzene ring substituents is 1. The molecule has 3 aliphatic carbocycles. The van der Waals surface area contributed by atoms with Crippen LogP contribution in [-0.2, 0) is 9.59 Å². The van der Waals surface area contributed by atoms with Crippen molar-refractivity contribution in [2.75, 3.05) is 6.54 Å². The predicted molar refractivity (Wildman–Crippen MR) is 150 cm³/mol. The number of nitro groups is 1.